The Hall–Kier alpha value is -4.31. The number of amides is 1. The number of carbonyl (C=O) groups excluding carboxylic acids is 2. The molecular formula is C39H46N4O5. The number of carbonyl (C=O) groups is 2. The maximum Gasteiger partial charge on any atom is 0.231 e. The zero-order chi connectivity index (χ0) is 33.5. The van der Waals surface area contributed by atoms with Gasteiger partial charge in [-0.2, -0.15) is 0 Å². The largest absolute Gasteiger partial charge is 0.454 e. The summed E-state index contributed by atoms with van der Waals surface area (Å²) in [4.78, 5) is 35.2. The van der Waals surface area contributed by atoms with Crippen molar-refractivity contribution >= 4 is 17.9 Å². The summed E-state index contributed by atoms with van der Waals surface area (Å²) in [5.41, 5.74) is 11.3. The van der Waals surface area contributed by atoms with Gasteiger partial charge in [-0.1, -0.05) is 66.7 Å². The second-order valence-electron chi connectivity index (χ2n) is 12.9. The monoisotopic (exact) mass is 650 g/mol. The van der Waals surface area contributed by atoms with Gasteiger partial charge in [0.15, 0.2) is 11.5 Å². The van der Waals surface area contributed by atoms with Crippen LogP contribution < -0.4 is 15.2 Å². The summed E-state index contributed by atoms with van der Waals surface area (Å²) in [5.74, 6) is 0.294. The molecule has 3 aliphatic rings. The van der Waals surface area contributed by atoms with Crippen LogP contribution in [0.3, 0.4) is 0 Å². The molecule has 0 radical (unpaired) electrons. The van der Waals surface area contributed by atoms with E-state index in [9.17, 15) is 9.59 Å². The first-order valence-corrected chi connectivity index (χ1v) is 17.0. The number of nitrogens with zero attached hydrogens (tertiary/aromatic N) is 3. The Labute approximate surface area is 283 Å². The lowest BCUT2D eigenvalue weighted by molar-refractivity contribution is -0.120. The predicted molar refractivity (Wildman–Crippen MR) is 186 cm³/mol. The molecule has 2 atom stereocenters. The van der Waals surface area contributed by atoms with Gasteiger partial charge in [0.1, 0.15) is 5.78 Å². The van der Waals surface area contributed by atoms with Gasteiger partial charge in [0.25, 0.3) is 0 Å². The normalized spacial score (nSPS) is 20.4. The summed E-state index contributed by atoms with van der Waals surface area (Å²) in [6.45, 7) is 7.78. The van der Waals surface area contributed by atoms with Gasteiger partial charge in [-0.05, 0) is 81.6 Å². The number of rotatable bonds is 14. The van der Waals surface area contributed by atoms with Crippen LogP contribution in [0.2, 0.25) is 0 Å². The van der Waals surface area contributed by atoms with Gasteiger partial charge in [0.05, 0.1) is 30.5 Å². The number of hydrogen-bond donors (Lipinski definition) is 1. The van der Waals surface area contributed by atoms with Crippen LogP contribution in [0.5, 0.6) is 11.5 Å². The van der Waals surface area contributed by atoms with Gasteiger partial charge < -0.3 is 29.7 Å². The third-order valence-electron chi connectivity index (χ3n) is 10.1. The molecule has 0 saturated carbocycles. The van der Waals surface area contributed by atoms with Crippen molar-refractivity contribution in [2.45, 2.75) is 44.4 Å². The number of ether oxygens (including phenoxy) is 3. The summed E-state index contributed by atoms with van der Waals surface area (Å²) < 4.78 is 17.1. The van der Waals surface area contributed by atoms with Crippen LogP contribution in [-0.2, 0) is 19.7 Å². The molecule has 1 fully saturated rings. The Morgan fingerprint density at radius 1 is 1.02 bits per heavy atom. The molecule has 6 rings (SSSR count). The van der Waals surface area contributed by atoms with Gasteiger partial charge in [-0.25, -0.2) is 0 Å². The van der Waals surface area contributed by atoms with E-state index in [1.807, 2.05) is 25.1 Å². The van der Waals surface area contributed by atoms with Gasteiger partial charge in [-0.15, -0.1) is 0 Å². The maximum atomic E-state index is 13.2. The SMILES string of the molecule is CC(=O)C1C(C)=NC(COCCN)=C(N(C=O)CCCN2CCC(c3ccccc3)(c3ccccc3)CC2)C1c1ccc2c(c1)OCO2. The number of aliphatic imine (C=N–C) groups is 1. The van der Waals surface area contributed by atoms with E-state index in [2.05, 4.69) is 65.6 Å². The molecule has 0 aliphatic carbocycles. The van der Waals surface area contributed by atoms with Crippen LogP contribution in [0, 0.1) is 5.92 Å². The van der Waals surface area contributed by atoms with Crippen LogP contribution in [0.15, 0.2) is 95.2 Å². The lowest BCUT2D eigenvalue weighted by Gasteiger charge is -2.43. The Morgan fingerprint density at radius 2 is 1.69 bits per heavy atom. The zero-order valence-electron chi connectivity index (χ0n) is 28.0. The highest BCUT2D eigenvalue weighted by Gasteiger charge is 2.41. The first kappa shape index (κ1) is 33.6. The Bertz CT molecular complexity index is 1590. The van der Waals surface area contributed by atoms with Crippen LogP contribution >= 0.6 is 0 Å². The van der Waals surface area contributed by atoms with Crippen molar-refractivity contribution in [1.82, 2.24) is 9.80 Å². The van der Waals surface area contributed by atoms with Crippen molar-refractivity contribution in [2.24, 2.45) is 16.6 Å². The average Bonchev–Trinajstić information content (AvgIpc) is 3.59. The number of allylic oxidation sites excluding steroid dienone is 1. The molecule has 3 aromatic rings. The third-order valence-corrected chi connectivity index (χ3v) is 10.1. The van der Waals surface area contributed by atoms with Gasteiger partial charge in [0.2, 0.25) is 13.2 Å². The second-order valence-corrected chi connectivity index (χ2v) is 12.9. The van der Waals surface area contributed by atoms with E-state index in [1.54, 1.807) is 11.8 Å². The molecule has 9 heteroatoms. The van der Waals surface area contributed by atoms with E-state index in [1.165, 1.54) is 11.1 Å². The van der Waals surface area contributed by atoms with Crippen LogP contribution in [0.25, 0.3) is 0 Å². The summed E-state index contributed by atoms with van der Waals surface area (Å²) in [6.07, 6.45) is 3.68. The van der Waals surface area contributed by atoms with E-state index >= 15 is 0 Å². The summed E-state index contributed by atoms with van der Waals surface area (Å²) >= 11 is 0. The first-order chi connectivity index (χ1) is 23.4. The van der Waals surface area contributed by atoms with Crippen molar-refractivity contribution in [3.63, 3.8) is 0 Å². The molecule has 0 aromatic heterocycles. The number of piperidine rings is 1. The minimum absolute atomic E-state index is 0.0159. The van der Waals surface area contributed by atoms with Crippen molar-refractivity contribution in [2.75, 3.05) is 52.7 Å². The van der Waals surface area contributed by atoms with E-state index in [0.29, 0.717) is 48.3 Å². The molecule has 0 bridgehead atoms. The van der Waals surface area contributed by atoms with Crippen molar-refractivity contribution < 1.29 is 23.8 Å². The minimum atomic E-state index is -0.535. The number of hydrogen-bond acceptors (Lipinski definition) is 8. The standard InChI is InChI=1S/C39H46N4O5/c1-28-36(29(2)45)37(30-14-15-34-35(24-30)48-27-47-34)38(33(41-28)25-46-23-18-40)43(26-44)20-9-19-42-21-16-39(17-22-42,31-10-5-3-6-11-31)32-12-7-4-8-13-32/h3-8,10-15,24,26,36-37H,9,16-23,25,27,40H2,1-2H3. The molecule has 3 aliphatic heterocycles. The molecule has 3 heterocycles. The van der Waals surface area contributed by atoms with Crippen LogP contribution in [0.1, 0.15) is 55.7 Å². The van der Waals surface area contributed by atoms with Gasteiger partial charge >= 0.3 is 0 Å². The van der Waals surface area contributed by atoms with Crippen LogP contribution in [0.4, 0.5) is 0 Å². The summed E-state index contributed by atoms with van der Waals surface area (Å²) in [7, 11) is 0. The number of Topliss-reactive ketones (excluding diaryl/α,β-unsaturated/α-hetero) is 1. The molecule has 1 saturated heterocycles. The summed E-state index contributed by atoms with van der Waals surface area (Å²) in [6, 6.07) is 27.5. The first-order valence-electron chi connectivity index (χ1n) is 17.0. The lowest BCUT2D eigenvalue weighted by atomic mass is 9.68. The topological polar surface area (TPSA) is 107 Å². The maximum absolute atomic E-state index is 13.2. The van der Waals surface area contributed by atoms with E-state index < -0.39 is 11.8 Å². The number of ketones is 1. The Morgan fingerprint density at radius 3 is 2.31 bits per heavy atom. The minimum Gasteiger partial charge on any atom is -0.454 e. The highest BCUT2D eigenvalue weighted by molar-refractivity contribution is 6.05. The second kappa shape index (κ2) is 15.3. The highest BCUT2D eigenvalue weighted by atomic mass is 16.7. The molecule has 48 heavy (non-hydrogen) atoms. The molecule has 1 amide bonds. The summed E-state index contributed by atoms with van der Waals surface area (Å²) in [5, 5.41) is 0. The molecule has 3 aromatic carbocycles. The number of fused-ring (bicyclic) bond motifs is 1. The van der Waals surface area contributed by atoms with E-state index in [-0.39, 0.29) is 24.6 Å². The van der Waals surface area contributed by atoms with E-state index in [0.717, 1.165) is 50.9 Å². The highest BCUT2D eigenvalue weighted by Crippen LogP contribution is 2.45. The zero-order valence-corrected chi connectivity index (χ0v) is 28.0. The smallest absolute Gasteiger partial charge is 0.231 e. The Balaban J connectivity index is 1.22. The van der Waals surface area contributed by atoms with Gasteiger partial charge in [-0.3, -0.25) is 14.6 Å². The molecule has 2 N–H and O–H groups in total. The molecule has 252 valence electrons. The quantitative estimate of drug-likeness (QED) is 0.187. The number of nitrogens with two attached hydrogens (primary N) is 1. The molecular weight excluding hydrogens is 604 g/mol. The molecule has 0 spiro atoms. The third kappa shape index (κ3) is 6.95. The van der Waals surface area contributed by atoms with Crippen molar-refractivity contribution in [3.8, 4) is 11.5 Å². The van der Waals surface area contributed by atoms with Crippen molar-refractivity contribution in [3.05, 3.63) is 107 Å². The number of likely N-dealkylation sites (tertiary alicyclic amines) is 1. The fourth-order valence-electron chi connectivity index (χ4n) is 7.72. The average molecular weight is 651 g/mol. The van der Waals surface area contributed by atoms with Crippen LogP contribution in [-0.4, -0.2) is 80.4 Å². The fourth-order valence-corrected chi connectivity index (χ4v) is 7.72. The van der Waals surface area contributed by atoms with Gasteiger partial charge in [0, 0.05) is 30.1 Å². The predicted octanol–water partition coefficient (Wildman–Crippen LogP) is 5.30. The Kier molecular flexibility index (Phi) is 10.7. The van der Waals surface area contributed by atoms with Crippen molar-refractivity contribution in [1.29, 1.82) is 0 Å². The molecule has 9 nitrogen and oxygen atoms in total. The lowest BCUT2D eigenvalue weighted by Crippen LogP contribution is -2.44. The molecule has 2 unspecified atom stereocenters. The fraction of sp³-hybridized carbons (Fsp3) is 0.410. The van der Waals surface area contributed by atoms with E-state index in [4.69, 9.17) is 24.9 Å². The number of benzene rings is 3.